The Morgan fingerprint density at radius 3 is 1.68 bits per heavy atom. The normalized spacial score (nSPS) is 11.3. The van der Waals surface area contributed by atoms with Crippen LogP contribution < -0.4 is 0 Å². The van der Waals surface area contributed by atoms with Crippen molar-refractivity contribution in [3.05, 3.63) is 42.0 Å². The molecule has 0 atom stereocenters. The lowest BCUT2D eigenvalue weighted by atomic mass is 9.93. The second-order valence-corrected chi connectivity index (χ2v) is 6.55. The highest BCUT2D eigenvalue weighted by molar-refractivity contribution is 5.13. The lowest BCUT2D eigenvalue weighted by Crippen LogP contribution is -2.11. The van der Waals surface area contributed by atoms with Gasteiger partial charge in [-0.05, 0) is 18.2 Å². The second kappa shape index (κ2) is 6.60. The van der Waals surface area contributed by atoms with E-state index in [1.807, 2.05) is 18.3 Å². The third kappa shape index (κ3) is 5.77. The standard InChI is InChI=1S/C8H13N.C7H12N2.CH4/c1-8(2,3)7-5-4-6-9-7;1-7(2,3)6-4-5-8-9-6;/h4-6,9H,1-3H3;4-5H,1-3H3,(H,8,9);1H4. The SMILES string of the molecule is C.CC(C)(C)c1ccc[nH]1.CC(C)(C)c1ccn[nH]1. The molecule has 2 aromatic heterocycles. The number of H-pyrrole nitrogens is 2. The number of aromatic amines is 2. The van der Waals surface area contributed by atoms with Gasteiger partial charge in [0.25, 0.3) is 0 Å². The molecule has 0 aromatic carbocycles. The Bertz CT molecular complexity index is 381. The molecule has 0 fully saturated rings. The summed E-state index contributed by atoms with van der Waals surface area (Å²) >= 11 is 0. The Kier molecular flexibility index (Phi) is 6.07. The number of hydrogen-bond acceptors (Lipinski definition) is 1. The van der Waals surface area contributed by atoms with Gasteiger partial charge in [0.1, 0.15) is 0 Å². The molecule has 3 nitrogen and oxygen atoms in total. The molecule has 3 heteroatoms. The lowest BCUT2D eigenvalue weighted by molar-refractivity contribution is 0.567. The first-order valence-corrected chi connectivity index (χ1v) is 6.35. The Morgan fingerprint density at radius 2 is 1.47 bits per heavy atom. The van der Waals surface area contributed by atoms with Gasteiger partial charge in [-0.1, -0.05) is 49.0 Å². The number of nitrogens with one attached hydrogen (secondary N) is 2. The lowest BCUT2D eigenvalue weighted by Gasteiger charge is -2.15. The first-order valence-electron chi connectivity index (χ1n) is 6.35. The van der Waals surface area contributed by atoms with Crippen LogP contribution in [0.25, 0.3) is 0 Å². The zero-order chi connectivity index (χ0) is 13.8. The highest BCUT2D eigenvalue weighted by Gasteiger charge is 2.13. The molecule has 2 aromatic rings. The zero-order valence-electron chi connectivity index (χ0n) is 12.3. The third-order valence-corrected chi connectivity index (χ3v) is 2.71. The average molecular weight is 263 g/mol. The molecule has 0 aliphatic heterocycles. The van der Waals surface area contributed by atoms with E-state index in [9.17, 15) is 0 Å². The van der Waals surface area contributed by atoms with E-state index >= 15 is 0 Å². The molecule has 0 saturated carbocycles. The van der Waals surface area contributed by atoms with Crippen LogP contribution in [0.3, 0.4) is 0 Å². The summed E-state index contributed by atoms with van der Waals surface area (Å²) in [5, 5.41) is 6.79. The van der Waals surface area contributed by atoms with Gasteiger partial charge < -0.3 is 4.98 Å². The quantitative estimate of drug-likeness (QED) is 0.713. The molecular formula is C16H29N3. The highest BCUT2D eigenvalue weighted by atomic mass is 15.1. The molecule has 2 heterocycles. The first kappa shape index (κ1) is 17.5. The molecule has 0 saturated heterocycles. The van der Waals surface area contributed by atoms with Crippen molar-refractivity contribution < 1.29 is 0 Å². The Morgan fingerprint density at radius 1 is 0.895 bits per heavy atom. The average Bonchev–Trinajstić information content (AvgIpc) is 2.91. The Labute approximate surface area is 117 Å². The monoisotopic (exact) mass is 263 g/mol. The van der Waals surface area contributed by atoms with Crippen molar-refractivity contribution in [3.63, 3.8) is 0 Å². The summed E-state index contributed by atoms with van der Waals surface area (Å²) in [6.45, 7) is 13.0. The summed E-state index contributed by atoms with van der Waals surface area (Å²) in [5.74, 6) is 0. The first-order chi connectivity index (χ1) is 8.21. The van der Waals surface area contributed by atoms with Crippen LogP contribution in [0.15, 0.2) is 30.6 Å². The minimum absolute atomic E-state index is 0. The molecule has 0 radical (unpaired) electrons. The molecule has 2 rings (SSSR count). The van der Waals surface area contributed by atoms with Gasteiger partial charge in [0, 0.05) is 34.6 Å². The molecular weight excluding hydrogens is 234 g/mol. The van der Waals surface area contributed by atoms with E-state index in [4.69, 9.17) is 0 Å². The van der Waals surface area contributed by atoms with E-state index in [2.05, 4.69) is 62.8 Å². The van der Waals surface area contributed by atoms with Gasteiger partial charge in [-0.25, -0.2) is 0 Å². The van der Waals surface area contributed by atoms with Gasteiger partial charge in [-0.15, -0.1) is 0 Å². The fourth-order valence-electron chi connectivity index (χ4n) is 1.47. The molecule has 0 aliphatic rings. The van der Waals surface area contributed by atoms with Crippen molar-refractivity contribution >= 4 is 0 Å². The van der Waals surface area contributed by atoms with Gasteiger partial charge in [-0.2, -0.15) is 5.10 Å². The van der Waals surface area contributed by atoms with Crippen LogP contribution in [0.5, 0.6) is 0 Å². The predicted molar refractivity (Wildman–Crippen MR) is 83.5 cm³/mol. The maximum absolute atomic E-state index is 3.86. The molecule has 2 N–H and O–H groups in total. The highest BCUT2D eigenvalue weighted by Crippen LogP contribution is 2.19. The van der Waals surface area contributed by atoms with Crippen LogP contribution in [0.1, 0.15) is 60.4 Å². The summed E-state index contributed by atoms with van der Waals surface area (Å²) in [6, 6.07) is 6.14. The molecule has 0 spiro atoms. The fourth-order valence-corrected chi connectivity index (χ4v) is 1.47. The summed E-state index contributed by atoms with van der Waals surface area (Å²) in [4.78, 5) is 3.18. The molecule has 0 bridgehead atoms. The third-order valence-electron chi connectivity index (χ3n) is 2.71. The predicted octanol–water partition coefficient (Wildman–Crippen LogP) is 4.66. The van der Waals surface area contributed by atoms with E-state index in [0.717, 1.165) is 0 Å². The van der Waals surface area contributed by atoms with Crippen molar-refractivity contribution in [1.82, 2.24) is 15.2 Å². The number of hydrogen-bond donors (Lipinski definition) is 2. The molecule has 19 heavy (non-hydrogen) atoms. The van der Waals surface area contributed by atoms with E-state index < -0.39 is 0 Å². The summed E-state index contributed by atoms with van der Waals surface area (Å²) in [6.07, 6.45) is 3.74. The summed E-state index contributed by atoms with van der Waals surface area (Å²) < 4.78 is 0. The summed E-state index contributed by atoms with van der Waals surface area (Å²) in [7, 11) is 0. The van der Waals surface area contributed by atoms with E-state index in [1.165, 1.54) is 11.4 Å². The fraction of sp³-hybridized carbons (Fsp3) is 0.562. The van der Waals surface area contributed by atoms with Gasteiger partial charge in [-0.3, -0.25) is 5.10 Å². The van der Waals surface area contributed by atoms with Crippen molar-refractivity contribution in [2.24, 2.45) is 0 Å². The van der Waals surface area contributed by atoms with E-state index in [0.29, 0.717) is 0 Å². The van der Waals surface area contributed by atoms with Gasteiger partial charge in [0.15, 0.2) is 0 Å². The van der Waals surface area contributed by atoms with Crippen LogP contribution in [-0.2, 0) is 10.8 Å². The van der Waals surface area contributed by atoms with E-state index in [-0.39, 0.29) is 18.3 Å². The molecule has 0 amide bonds. The Hall–Kier alpha value is -1.51. The minimum atomic E-state index is 0. The van der Waals surface area contributed by atoms with Crippen molar-refractivity contribution in [2.75, 3.05) is 0 Å². The van der Waals surface area contributed by atoms with Gasteiger partial charge in [0.2, 0.25) is 0 Å². The molecule has 108 valence electrons. The number of rotatable bonds is 0. The van der Waals surface area contributed by atoms with E-state index in [1.54, 1.807) is 6.20 Å². The second-order valence-electron chi connectivity index (χ2n) is 6.55. The van der Waals surface area contributed by atoms with Crippen LogP contribution in [0.2, 0.25) is 0 Å². The maximum atomic E-state index is 3.86. The number of aromatic nitrogens is 3. The Balaban J connectivity index is 0.000000324. The van der Waals surface area contributed by atoms with Crippen LogP contribution in [0, 0.1) is 0 Å². The number of nitrogens with zero attached hydrogens (tertiary/aromatic N) is 1. The minimum Gasteiger partial charge on any atom is -0.365 e. The van der Waals surface area contributed by atoms with Crippen molar-refractivity contribution in [3.8, 4) is 0 Å². The maximum Gasteiger partial charge on any atom is 0.0490 e. The van der Waals surface area contributed by atoms with Gasteiger partial charge >= 0.3 is 0 Å². The molecule has 0 unspecified atom stereocenters. The largest absolute Gasteiger partial charge is 0.365 e. The topological polar surface area (TPSA) is 44.5 Å². The summed E-state index contributed by atoms with van der Waals surface area (Å²) in [5.41, 5.74) is 2.95. The van der Waals surface area contributed by atoms with Gasteiger partial charge in [0.05, 0.1) is 0 Å². The van der Waals surface area contributed by atoms with Crippen molar-refractivity contribution in [1.29, 1.82) is 0 Å². The molecule has 0 aliphatic carbocycles. The van der Waals surface area contributed by atoms with Crippen LogP contribution in [-0.4, -0.2) is 15.2 Å². The zero-order valence-corrected chi connectivity index (χ0v) is 12.3. The van der Waals surface area contributed by atoms with Crippen LogP contribution >= 0.6 is 0 Å². The smallest absolute Gasteiger partial charge is 0.0490 e. The van der Waals surface area contributed by atoms with Crippen LogP contribution in [0.4, 0.5) is 0 Å². The van der Waals surface area contributed by atoms with Crippen molar-refractivity contribution in [2.45, 2.75) is 59.8 Å².